The van der Waals surface area contributed by atoms with Gasteiger partial charge in [0.25, 0.3) is 0 Å². The molecule has 1 saturated carbocycles. The van der Waals surface area contributed by atoms with Crippen LogP contribution < -0.4 is 0 Å². The van der Waals surface area contributed by atoms with Gasteiger partial charge in [-0.15, -0.1) is 0 Å². The number of rotatable bonds is 9. The van der Waals surface area contributed by atoms with Gasteiger partial charge in [0.15, 0.2) is 0 Å². The summed E-state index contributed by atoms with van der Waals surface area (Å²) in [5.41, 5.74) is 2.21. The quantitative estimate of drug-likeness (QED) is 0.637. The van der Waals surface area contributed by atoms with Crippen LogP contribution in [0.2, 0.25) is 0 Å². The summed E-state index contributed by atoms with van der Waals surface area (Å²) >= 11 is 1.69. The smallest absolute Gasteiger partial charge is 0.227 e. The summed E-state index contributed by atoms with van der Waals surface area (Å²) in [7, 11) is -1.30. The van der Waals surface area contributed by atoms with E-state index in [1.165, 1.54) is 5.56 Å². The lowest BCUT2D eigenvalue weighted by Gasteiger charge is -2.20. The van der Waals surface area contributed by atoms with Gasteiger partial charge in [-0.25, -0.2) is 13.4 Å². The summed E-state index contributed by atoms with van der Waals surface area (Å²) in [6.07, 6.45) is 5.86. The molecule has 0 N–H and O–H groups in total. The van der Waals surface area contributed by atoms with E-state index in [1.54, 1.807) is 17.5 Å². The summed E-state index contributed by atoms with van der Waals surface area (Å²) in [6.45, 7) is 2.82. The first kappa shape index (κ1) is 19.1. The average Bonchev–Trinajstić information content (AvgIpc) is 3.05. The molecule has 0 bridgehead atoms. The molecule has 1 saturated heterocycles. The van der Waals surface area contributed by atoms with Crippen LogP contribution >= 0.6 is 11.3 Å². The predicted molar refractivity (Wildman–Crippen MR) is 105 cm³/mol. The highest BCUT2D eigenvalue weighted by molar-refractivity contribution is 7.91. The highest BCUT2D eigenvalue weighted by atomic mass is 32.2. The van der Waals surface area contributed by atoms with Gasteiger partial charge < -0.3 is 9.30 Å². The highest BCUT2D eigenvalue weighted by Crippen LogP contribution is 2.32. The van der Waals surface area contributed by atoms with Gasteiger partial charge in [-0.05, 0) is 61.0 Å². The number of hydrogen-bond donors (Lipinski definition) is 0. The highest BCUT2D eigenvalue weighted by Gasteiger charge is 2.33. The first-order valence-corrected chi connectivity index (χ1v) is 12.2. The van der Waals surface area contributed by atoms with Crippen molar-refractivity contribution in [1.82, 2.24) is 14.5 Å². The number of nitrogens with zero attached hydrogens (tertiary/aromatic N) is 3. The molecular weight excluding hydrogens is 382 g/mol. The minimum atomic E-state index is -3.35. The SMILES string of the molecule is CN(Cc1ccsc1)Cc1cnc(S(=O)(=O)CC2CC2)n1C[C@@H]1CCCO1. The lowest BCUT2D eigenvalue weighted by Crippen LogP contribution is -2.25. The lowest BCUT2D eigenvalue weighted by molar-refractivity contribution is 0.0934. The summed E-state index contributed by atoms with van der Waals surface area (Å²) < 4.78 is 33.5. The van der Waals surface area contributed by atoms with Crippen LogP contribution in [0.25, 0.3) is 0 Å². The van der Waals surface area contributed by atoms with Gasteiger partial charge in [0.05, 0.1) is 30.3 Å². The van der Waals surface area contributed by atoms with Gasteiger partial charge >= 0.3 is 0 Å². The molecule has 1 aliphatic heterocycles. The zero-order valence-electron chi connectivity index (χ0n) is 15.7. The Kier molecular flexibility index (Phi) is 5.68. The maximum absolute atomic E-state index is 12.9. The number of imidazole rings is 1. The molecule has 27 heavy (non-hydrogen) atoms. The zero-order chi connectivity index (χ0) is 18.9. The van der Waals surface area contributed by atoms with Crippen LogP contribution in [-0.2, 0) is 34.2 Å². The zero-order valence-corrected chi connectivity index (χ0v) is 17.3. The Bertz CT molecular complexity index is 851. The molecule has 4 rings (SSSR count). The second-order valence-corrected chi connectivity index (χ2v) is 10.5. The summed E-state index contributed by atoms with van der Waals surface area (Å²) in [5.74, 6) is 0.535. The third-order valence-electron chi connectivity index (χ3n) is 5.21. The van der Waals surface area contributed by atoms with E-state index >= 15 is 0 Å². The van der Waals surface area contributed by atoms with Crippen LogP contribution in [0, 0.1) is 5.92 Å². The molecule has 1 atom stereocenters. The second kappa shape index (κ2) is 8.03. The minimum Gasteiger partial charge on any atom is -0.376 e. The molecule has 6 nitrogen and oxygen atoms in total. The first-order valence-electron chi connectivity index (χ1n) is 9.59. The Morgan fingerprint density at radius 2 is 2.19 bits per heavy atom. The maximum atomic E-state index is 12.9. The molecule has 0 unspecified atom stereocenters. The molecule has 3 heterocycles. The topological polar surface area (TPSA) is 64.4 Å². The largest absolute Gasteiger partial charge is 0.376 e. The molecule has 0 aromatic carbocycles. The number of thiophene rings is 1. The molecule has 0 spiro atoms. The van der Waals surface area contributed by atoms with Crippen molar-refractivity contribution in [3.63, 3.8) is 0 Å². The molecule has 148 valence electrons. The number of aromatic nitrogens is 2. The summed E-state index contributed by atoms with van der Waals surface area (Å²) in [4.78, 5) is 6.55. The van der Waals surface area contributed by atoms with Crippen LogP contribution in [0.1, 0.15) is 36.9 Å². The van der Waals surface area contributed by atoms with Crippen LogP contribution in [0.3, 0.4) is 0 Å². The normalized spacial score (nSPS) is 20.6. The van der Waals surface area contributed by atoms with Crippen molar-refractivity contribution in [2.75, 3.05) is 19.4 Å². The number of ether oxygens (including phenoxy) is 1. The van der Waals surface area contributed by atoms with Crippen LogP contribution in [-0.4, -0.2) is 48.4 Å². The van der Waals surface area contributed by atoms with Gasteiger partial charge in [-0.2, -0.15) is 11.3 Å². The van der Waals surface area contributed by atoms with Gasteiger partial charge in [0.1, 0.15) is 0 Å². The molecule has 2 fully saturated rings. The van der Waals surface area contributed by atoms with E-state index in [4.69, 9.17) is 4.74 Å². The Hall–Kier alpha value is -1.22. The van der Waals surface area contributed by atoms with E-state index in [9.17, 15) is 8.42 Å². The van der Waals surface area contributed by atoms with E-state index in [2.05, 4.69) is 33.8 Å². The van der Waals surface area contributed by atoms with E-state index in [-0.39, 0.29) is 17.0 Å². The molecule has 2 aromatic heterocycles. The Labute approximate surface area is 165 Å². The number of sulfone groups is 1. The average molecular weight is 410 g/mol. The van der Waals surface area contributed by atoms with Crippen molar-refractivity contribution in [3.8, 4) is 0 Å². The van der Waals surface area contributed by atoms with Gasteiger partial charge in [-0.3, -0.25) is 4.90 Å². The molecular formula is C19H27N3O3S2. The van der Waals surface area contributed by atoms with E-state index in [0.717, 1.165) is 44.5 Å². The molecule has 1 aliphatic carbocycles. The third kappa shape index (κ3) is 4.80. The fourth-order valence-corrected chi connectivity index (χ4v) is 6.15. The fraction of sp³-hybridized carbons (Fsp3) is 0.632. The molecule has 0 amide bonds. The Morgan fingerprint density at radius 1 is 1.33 bits per heavy atom. The second-order valence-electron chi connectivity index (χ2n) is 7.81. The fourth-order valence-electron chi connectivity index (χ4n) is 3.65. The van der Waals surface area contributed by atoms with E-state index in [0.29, 0.717) is 19.0 Å². The predicted octanol–water partition coefficient (Wildman–Crippen LogP) is 2.94. The lowest BCUT2D eigenvalue weighted by atomic mass is 10.2. The van der Waals surface area contributed by atoms with Gasteiger partial charge in [-0.1, -0.05) is 0 Å². The molecule has 2 aliphatic rings. The number of hydrogen-bond acceptors (Lipinski definition) is 6. The van der Waals surface area contributed by atoms with Crippen molar-refractivity contribution in [2.24, 2.45) is 5.92 Å². The van der Waals surface area contributed by atoms with Gasteiger partial charge in [0, 0.05) is 19.7 Å². The summed E-state index contributed by atoms with van der Waals surface area (Å²) in [5, 5.41) is 4.45. The van der Waals surface area contributed by atoms with Crippen molar-refractivity contribution < 1.29 is 13.2 Å². The van der Waals surface area contributed by atoms with E-state index in [1.807, 2.05) is 4.57 Å². The molecule has 2 aromatic rings. The third-order valence-corrected chi connectivity index (χ3v) is 7.73. The van der Waals surface area contributed by atoms with E-state index < -0.39 is 9.84 Å². The van der Waals surface area contributed by atoms with Crippen molar-refractivity contribution in [3.05, 3.63) is 34.3 Å². The molecule has 8 heteroatoms. The summed E-state index contributed by atoms with van der Waals surface area (Å²) in [6, 6.07) is 2.12. The van der Waals surface area contributed by atoms with Crippen molar-refractivity contribution in [2.45, 2.75) is 56.6 Å². The standard InChI is InChI=1S/C19H27N3O3S2/c1-21(10-16-6-8-26-13-16)11-17-9-20-19(27(23,24)14-15-4-5-15)22(17)12-18-3-2-7-25-18/h6,8-9,13,15,18H,2-5,7,10-12,14H2,1H3/t18-/m0/s1. The van der Waals surface area contributed by atoms with Crippen LogP contribution in [0.4, 0.5) is 0 Å². The van der Waals surface area contributed by atoms with Crippen molar-refractivity contribution in [1.29, 1.82) is 0 Å². The van der Waals surface area contributed by atoms with Crippen LogP contribution in [0.15, 0.2) is 28.2 Å². The van der Waals surface area contributed by atoms with Crippen LogP contribution in [0.5, 0.6) is 0 Å². The molecule has 0 radical (unpaired) electrons. The Balaban J connectivity index is 1.55. The van der Waals surface area contributed by atoms with Gasteiger partial charge in [0.2, 0.25) is 15.0 Å². The Morgan fingerprint density at radius 3 is 2.85 bits per heavy atom. The minimum absolute atomic E-state index is 0.0787. The maximum Gasteiger partial charge on any atom is 0.227 e. The monoisotopic (exact) mass is 409 g/mol. The first-order chi connectivity index (χ1) is 13.0. The van der Waals surface area contributed by atoms with Crippen molar-refractivity contribution >= 4 is 21.2 Å².